The van der Waals surface area contributed by atoms with Gasteiger partial charge < -0.3 is 15.7 Å². The molecule has 9 nitrogen and oxygen atoms in total. The molecule has 9 heteroatoms. The number of carboxylic acids is 1. The van der Waals surface area contributed by atoms with Gasteiger partial charge in [-0.05, 0) is 6.42 Å². The number of nitro groups is 1. The molecule has 0 bridgehead atoms. The summed E-state index contributed by atoms with van der Waals surface area (Å²) in [5.74, 6) is -1.53. The minimum Gasteiger partial charge on any atom is -0.478 e. The smallest absolute Gasteiger partial charge is 0.337 e. The predicted molar refractivity (Wildman–Crippen MR) is 74.3 cm³/mol. The molecule has 1 rings (SSSR count). The Bertz CT molecular complexity index is 546. The molecular weight excluding hydrogens is 280 g/mol. The van der Waals surface area contributed by atoms with E-state index in [2.05, 4.69) is 15.6 Å². The van der Waals surface area contributed by atoms with Crippen LogP contribution >= 0.6 is 0 Å². The first kappa shape index (κ1) is 16.3. The Morgan fingerprint density at radius 2 is 2.14 bits per heavy atom. The zero-order valence-electron chi connectivity index (χ0n) is 11.5. The Morgan fingerprint density at radius 1 is 1.43 bits per heavy atom. The van der Waals surface area contributed by atoms with E-state index < -0.39 is 16.6 Å². The highest BCUT2D eigenvalue weighted by molar-refractivity contribution is 5.88. The van der Waals surface area contributed by atoms with Crippen LogP contribution < -0.4 is 10.6 Å². The molecule has 0 saturated heterocycles. The SMILES string of the molecule is CCCNC(=O)CCNc1ncc(C(=O)O)cc1[N+](=O)[O-]. The fraction of sp³-hybridized carbons (Fsp3) is 0.417. The number of aromatic carboxylic acids is 1. The number of hydrogen-bond acceptors (Lipinski definition) is 6. The Balaban J connectivity index is 2.68. The van der Waals surface area contributed by atoms with Gasteiger partial charge in [-0.2, -0.15) is 0 Å². The molecule has 3 N–H and O–H groups in total. The maximum atomic E-state index is 11.4. The lowest BCUT2D eigenvalue weighted by Gasteiger charge is -2.07. The lowest BCUT2D eigenvalue weighted by molar-refractivity contribution is -0.384. The summed E-state index contributed by atoms with van der Waals surface area (Å²) in [4.78, 5) is 36.0. The third kappa shape index (κ3) is 5.05. The van der Waals surface area contributed by atoms with E-state index in [4.69, 9.17) is 5.11 Å². The van der Waals surface area contributed by atoms with Crippen molar-refractivity contribution in [1.82, 2.24) is 10.3 Å². The van der Waals surface area contributed by atoms with Crippen LogP contribution in [0.4, 0.5) is 11.5 Å². The Morgan fingerprint density at radius 3 is 2.71 bits per heavy atom. The van der Waals surface area contributed by atoms with Crippen molar-refractivity contribution >= 4 is 23.4 Å². The van der Waals surface area contributed by atoms with Crippen LogP contribution in [0.1, 0.15) is 30.1 Å². The largest absolute Gasteiger partial charge is 0.478 e. The van der Waals surface area contributed by atoms with Gasteiger partial charge in [0.15, 0.2) is 0 Å². The minimum absolute atomic E-state index is 0.0618. The molecule has 0 aliphatic carbocycles. The average Bonchev–Trinajstić information content (AvgIpc) is 2.44. The second-order valence-electron chi connectivity index (χ2n) is 4.18. The quantitative estimate of drug-likeness (QED) is 0.481. The van der Waals surface area contributed by atoms with Crippen molar-refractivity contribution in [3.63, 3.8) is 0 Å². The van der Waals surface area contributed by atoms with Gasteiger partial charge in [0, 0.05) is 31.8 Å². The van der Waals surface area contributed by atoms with Gasteiger partial charge in [0.05, 0.1) is 10.5 Å². The lowest BCUT2D eigenvalue weighted by atomic mass is 10.2. The number of carbonyl (C=O) groups excluding carboxylic acids is 1. The zero-order chi connectivity index (χ0) is 15.8. The van der Waals surface area contributed by atoms with Gasteiger partial charge >= 0.3 is 11.7 Å². The summed E-state index contributed by atoms with van der Waals surface area (Å²) in [5, 5.41) is 25.0. The molecule has 0 atom stereocenters. The fourth-order valence-electron chi connectivity index (χ4n) is 1.49. The van der Waals surface area contributed by atoms with E-state index in [0.29, 0.717) is 6.54 Å². The summed E-state index contributed by atoms with van der Waals surface area (Å²) >= 11 is 0. The van der Waals surface area contributed by atoms with Gasteiger partial charge in [0.1, 0.15) is 0 Å². The highest BCUT2D eigenvalue weighted by Gasteiger charge is 2.18. The summed E-state index contributed by atoms with van der Waals surface area (Å²) in [7, 11) is 0. The van der Waals surface area contributed by atoms with Crippen molar-refractivity contribution in [1.29, 1.82) is 0 Å². The molecular formula is C12H16N4O5. The number of hydrogen-bond donors (Lipinski definition) is 3. The number of nitrogens with one attached hydrogen (secondary N) is 2. The molecule has 21 heavy (non-hydrogen) atoms. The number of nitrogens with zero attached hydrogens (tertiary/aromatic N) is 2. The molecule has 1 aromatic heterocycles. The average molecular weight is 296 g/mol. The first-order valence-corrected chi connectivity index (χ1v) is 6.34. The van der Waals surface area contributed by atoms with Gasteiger partial charge in [-0.15, -0.1) is 0 Å². The Hall–Kier alpha value is -2.71. The van der Waals surface area contributed by atoms with Crippen molar-refractivity contribution in [2.45, 2.75) is 19.8 Å². The van der Waals surface area contributed by atoms with Crippen molar-refractivity contribution in [3.8, 4) is 0 Å². The second kappa shape index (κ2) is 7.78. The molecule has 1 amide bonds. The number of aromatic nitrogens is 1. The van der Waals surface area contributed by atoms with Gasteiger partial charge in [0.25, 0.3) is 0 Å². The highest BCUT2D eigenvalue weighted by atomic mass is 16.6. The summed E-state index contributed by atoms with van der Waals surface area (Å²) in [6.07, 6.45) is 1.98. The molecule has 0 aliphatic rings. The molecule has 0 unspecified atom stereocenters. The molecule has 0 fully saturated rings. The molecule has 114 valence electrons. The van der Waals surface area contributed by atoms with E-state index in [1.165, 1.54) is 0 Å². The maximum absolute atomic E-state index is 11.4. The minimum atomic E-state index is -1.30. The lowest BCUT2D eigenvalue weighted by Crippen LogP contribution is -2.26. The van der Waals surface area contributed by atoms with Gasteiger partial charge in [0.2, 0.25) is 11.7 Å². The number of carbonyl (C=O) groups is 2. The van der Waals surface area contributed by atoms with Crippen molar-refractivity contribution in [2.24, 2.45) is 0 Å². The molecule has 0 saturated carbocycles. The third-order valence-corrected chi connectivity index (χ3v) is 2.53. The number of pyridine rings is 1. The fourth-order valence-corrected chi connectivity index (χ4v) is 1.49. The van der Waals surface area contributed by atoms with E-state index in [1.807, 2.05) is 6.92 Å². The van der Waals surface area contributed by atoms with Crippen LogP contribution in [0.25, 0.3) is 0 Å². The van der Waals surface area contributed by atoms with Crippen LogP contribution in [0.15, 0.2) is 12.3 Å². The van der Waals surface area contributed by atoms with Crippen LogP contribution in [0.2, 0.25) is 0 Å². The molecule has 0 radical (unpaired) electrons. The van der Waals surface area contributed by atoms with Crippen molar-refractivity contribution < 1.29 is 19.6 Å². The van der Waals surface area contributed by atoms with E-state index in [1.54, 1.807) is 0 Å². The van der Waals surface area contributed by atoms with Crippen LogP contribution in [0.3, 0.4) is 0 Å². The molecule has 0 aromatic carbocycles. The monoisotopic (exact) mass is 296 g/mol. The molecule has 1 aromatic rings. The summed E-state index contributed by atoms with van der Waals surface area (Å²) in [5.41, 5.74) is -0.711. The number of anilines is 1. The van der Waals surface area contributed by atoms with Crippen LogP contribution in [0.5, 0.6) is 0 Å². The van der Waals surface area contributed by atoms with Crippen LogP contribution in [0, 0.1) is 10.1 Å². The van der Waals surface area contributed by atoms with Crippen LogP contribution in [-0.2, 0) is 4.79 Å². The molecule has 0 aliphatic heterocycles. The summed E-state index contributed by atoms with van der Waals surface area (Å²) in [6, 6.07) is 0.925. The van der Waals surface area contributed by atoms with E-state index >= 15 is 0 Å². The van der Waals surface area contributed by atoms with Crippen molar-refractivity contribution in [2.75, 3.05) is 18.4 Å². The van der Waals surface area contributed by atoms with Crippen LogP contribution in [-0.4, -0.2) is 40.0 Å². The first-order valence-electron chi connectivity index (χ1n) is 6.34. The van der Waals surface area contributed by atoms with Gasteiger partial charge in [-0.1, -0.05) is 6.92 Å². The van der Waals surface area contributed by atoms with E-state index in [0.717, 1.165) is 18.7 Å². The highest BCUT2D eigenvalue weighted by Crippen LogP contribution is 2.22. The predicted octanol–water partition coefficient (Wildman–Crippen LogP) is 1.02. The molecule has 0 spiro atoms. The maximum Gasteiger partial charge on any atom is 0.337 e. The summed E-state index contributed by atoms with van der Waals surface area (Å²) < 4.78 is 0. The van der Waals surface area contributed by atoms with E-state index in [9.17, 15) is 19.7 Å². The standard InChI is InChI=1S/C12H16N4O5/c1-2-4-13-10(17)3-5-14-11-9(16(20)21)6-8(7-15-11)12(18)19/h6-7H,2-5H2,1H3,(H,13,17)(H,14,15)(H,18,19). The number of amides is 1. The van der Waals surface area contributed by atoms with Gasteiger partial charge in [-0.3, -0.25) is 14.9 Å². The topological polar surface area (TPSA) is 134 Å². The number of carboxylic acid groups (broad SMARTS) is 1. The normalized spacial score (nSPS) is 9.95. The second-order valence-corrected chi connectivity index (χ2v) is 4.18. The third-order valence-electron chi connectivity index (χ3n) is 2.53. The summed E-state index contributed by atoms with van der Waals surface area (Å²) in [6.45, 7) is 2.66. The molecule has 1 heterocycles. The number of rotatable bonds is 8. The van der Waals surface area contributed by atoms with Gasteiger partial charge in [-0.25, -0.2) is 9.78 Å². The van der Waals surface area contributed by atoms with E-state index in [-0.39, 0.29) is 30.3 Å². The van der Waals surface area contributed by atoms with Crippen molar-refractivity contribution in [3.05, 3.63) is 27.9 Å². The Labute approximate surface area is 120 Å². The Kier molecular flexibility index (Phi) is 6.05. The zero-order valence-corrected chi connectivity index (χ0v) is 11.5. The first-order chi connectivity index (χ1) is 9.95.